The molecular weight excluding hydrogens is 256 g/mol. The molecule has 102 valence electrons. The average molecular weight is 274 g/mol. The lowest BCUT2D eigenvalue weighted by Gasteiger charge is -2.03. The van der Waals surface area contributed by atoms with Gasteiger partial charge in [-0.1, -0.05) is 0 Å². The highest BCUT2D eigenvalue weighted by Crippen LogP contribution is 2.20. The van der Waals surface area contributed by atoms with Crippen molar-refractivity contribution in [1.29, 1.82) is 0 Å². The van der Waals surface area contributed by atoms with Crippen LogP contribution in [-0.4, -0.2) is 32.7 Å². The minimum absolute atomic E-state index is 0.0444. The molecule has 1 aliphatic carbocycles. The van der Waals surface area contributed by atoms with E-state index in [1.807, 2.05) is 0 Å². The minimum atomic E-state index is -3.59. The summed E-state index contributed by atoms with van der Waals surface area (Å²) in [6, 6.07) is 3.67. The maximum atomic E-state index is 11.8. The van der Waals surface area contributed by atoms with Crippen LogP contribution in [0.2, 0.25) is 0 Å². The van der Waals surface area contributed by atoms with E-state index in [1.54, 1.807) is 6.07 Å². The average Bonchev–Trinajstić information content (AvgIpc) is 3.03. The first-order chi connectivity index (χ1) is 8.62. The Balaban J connectivity index is 1.90. The maximum absolute atomic E-state index is 11.8. The second-order valence-electron chi connectivity index (χ2n) is 4.35. The Labute approximate surface area is 106 Å². The van der Waals surface area contributed by atoms with Gasteiger partial charge in [0, 0.05) is 19.2 Å². The molecule has 0 atom stereocenters. The molecule has 0 aliphatic heterocycles. The van der Waals surface area contributed by atoms with Crippen LogP contribution in [0, 0.1) is 0 Å². The van der Waals surface area contributed by atoms with E-state index in [0.717, 1.165) is 0 Å². The second-order valence-corrected chi connectivity index (χ2v) is 6.05. The van der Waals surface area contributed by atoms with Gasteiger partial charge in [0.15, 0.2) is 0 Å². The van der Waals surface area contributed by atoms with E-state index in [-0.39, 0.29) is 18.2 Å². The fourth-order valence-corrected chi connectivity index (χ4v) is 2.51. The van der Waals surface area contributed by atoms with E-state index in [4.69, 9.17) is 9.52 Å². The first-order valence-electron chi connectivity index (χ1n) is 6.04. The van der Waals surface area contributed by atoms with Crippen LogP contribution in [0.1, 0.15) is 25.0 Å². The predicted octanol–water partition coefficient (Wildman–Crippen LogP) is 0.192. The quantitative estimate of drug-likeness (QED) is 0.589. The van der Waals surface area contributed by atoms with Gasteiger partial charge < -0.3 is 14.8 Å². The van der Waals surface area contributed by atoms with Crippen molar-refractivity contribution in [2.24, 2.45) is 0 Å². The molecule has 0 amide bonds. The third-order valence-corrected chi connectivity index (χ3v) is 4.00. The number of rotatable bonds is 8. The lowest BCUT2D eigenvalue weighted by Crippen LogP contribution is -2.25. The zero-order valence-corrected chi connectivity index (χ0v) is 10.9. The normalized spacial score (nSPS) is 16.1. The molecule has 2 rings (SSSR count). The Morgan fingerprint density at radius 1 is 1.39 bits per heavy atom. The van der Waals surface area contributed by atoms with E-state index < -0.39 is 10.0 Å². The van der Waals surface area contributed by atoms with Crippen LogP contribution in [-0.2, 0) is 16.6 Å². The van der Waals surface area contributed by atoms with Gasteiger partial charge in [-0.25, -0.2) is 13.1 Å². The molecule has 0 bridgehead atoms. The number of nitrogens with one attached hydrogen (secondary N) is 2. The van der Waals surface area contributed by atoms with Crippen LogP contribution in [0.3, 0.4) is 0 Å². The minimum Gasteiger partial charge on any atom is -0.447 e. The third-order valence-electron chi connectivity index (χ3n) is 2.67. The Kier molecular flexibility index (Phi) is 4.39. The molecule has 6 nitrogen and oxygen atoms in total. The molecule has 1 aromatic heterocycles. The topological polar surface area (TPSA) is 91.6 Å². The fraction of sp³-hybridized carbons (Fsp3) is 0.636. The Bertz CT molecular complexity index is 479. The largest absolute Gasteiger partial charge is 0.447 e. The number of hydrogen-bond donors (Lipinski definition) is 3. The summed E-state index contributed by atoms with van der Waals surface area (Å²) in [7, 11) is -3.59. The molecule has 0 radical (unpaired) electrons. The lowest BCUT2D eigenvalue weighted by atomic mass is 10.4. The monoisotopic (exact) mass is 274 g/mol. The summed E-state index contributed by atoms with van der Waals surface area (Å²) in [6.45, 7) is 0.712. The molecule has 0 aromatic carbocycles. The molecule has 1 aliphatic rings. The smallest absolute Gasteiger partial charge is 0.273 e. The van der Waals surface area contributed by atoms with Crippen molar-refractivity contribution in [3.63, 3.8) is 0 Å². The number of sulfonamides is 1. The van der Waals surface area contributed by atoms with Crippen molar-refractivity contribution in [2.45, 2.75) is 36.9 Å². The van der Waals surface area contributed by atoms with Crippen molar-refractivity contribution in [3.8, 4) is 0 Å². The Morgan fingerprint density at radius 2 is 2.17 bits per heavy atom. The molecule has 0 unspecified atom stereocenters. The summed E-state index contributed by atoms with van der Waals surface area (Å²) in [5, 5.41) is 11.8. The van der Waals surface area contributed by atoms with Crippen LogP contribution in [0.15, 0.2) is 21.6 Å². The molecule has 0 spiro atoms. The molecule has 1 saturated carbocycles. The summed E-state index contributed by atoms with van der Waals surface area (Å²) < 4.78 is 31.2. The van der Waals surface area contributed by atoms with Crippen molar-refractivity contribution in [2.75, 3.05) is 13.2 Å². The summed E-state index contributed by atoms with van der Waals surface area (Å²) >= 11 is 0. The van der Waals surface area contributed by atoms with Gasteiger partial charge in [0.05, 0.1) is 6.54 Å². The highest BCUT2D eigenvalue weighted by molar-refractivity contribution is 7.89. The first-order valence-corrected chi connectivity index (χ1v) is 7.53. The molecule has 1 heterocycles. The Hall–Kier alpha value is -0.890. The second kappa shape index (κ2) is 5.83. The van der Waals surface area contributed by atoms with E-state index >= 15 is 0 Å². The van der Waals surface area contributed by atoms with Gasteiger partial charge in [0.1, 0.15) is 5.76 Å². The van der Waals surface area contributed by atoms with Gasteiger partial charge >= 0.3 is 0 Å². The predicted molar refractivity (Wildman–Crippen MR) is 65.5 cm³/mol. The molecule has 3 N–H and O–H groups in total. The van der Waals surface area contributed by atoms with Crippen molar-refractivity contribution >= 4 is 10.0 Å². The van der Waals surface area contributed by atoms with Gasteiger partial charge in [-0.15, -0.1) is 0 Å². The van der Waals surface area contributed by atoms with Gasteiger partial charge in [-0.3, -0.25) is 0 Å². The SMILES string of the molecule is O=S(=O)(NCCCO)c1ccc(CNC2CC2)o1. The van der Waals surface area contributed by atoms with Crippen molar-refractivity contribution < 1.29 is 17.9 Å². The third kappa shape index (κ3) is 3.81. The number of aliphatic hydroxyl groups excluding tert-OH is 1. The molecular formula is C11H18N2O4S. The summed E-state index contributed by atoms with van der Waals surface area (Å²) in [4.78, 5) is 0. The Morgan fingerprint density at radius 3 is 2.83 bits per heavy atom. The standard InChI is InChI=1S/C11H18N2O4S/c14-7-1-6-13-18(15,16)11-5-4-10(17-11)8-12-9-2-3-9/h4-5,9,12-14H,1-3,6-8H2. The molecule has 0 saturated heterocycles. The van der Waals surface area contributed by atoms with Crippen LogP contribution >= 0.6 is 0 Å². The highest BCUT2D eigenvalue weighted by atomic mass is 32.2. The van der Waals surface area contributed by atoms with E-state index in [0.29, 0.717) is 24.8 Å². The summed E-state index contributed by atoms with van der Waals surface area (Å²) in [5.41, 5.74) is 0. The number of hydrogen-bond acceptors (Lipinski definition) is 5. The molecule has 1 aromatic rings. The van der Waals surface area contributed by atoms with E-state index in [2.05, 4.69) is 10.0 Å². The molecule has 1 fully saturated rings. The first kappa shape index (κ1) is 13.5. The molecule has 7 heteroatoms. The number of aliphatic hydroxyl groups is 1. The lowest BCUT2D eigenvalue weighted by molar-refractivity contribution is 0.289. The molecule has 18 heavy (non-hydrogen) atoms. The van der Waals surface area contributed by atoms with Crippen molar-refractivity contribution in [3.05, 3.63) is 17.9 Å². The van der Waals surface area contributed by atoms with E-state index in [9.17, 15) is 8.42 Å². The van der Waals surface area contributed by atoms with Crippen LogP contribution < -0.4 is 10.0 Å². The zero-order valence-electron chi connectivity index (χ0n) is 10.1. The fourth-order valence-electron chi connectivity index (χ4n) is 1.49. The van der Waals surface area contributed by atoms with Gasteiger partial charge in [-0.05, 0) is 31.4 Å². The zero-order chi connectivity index (χ0) is 13.0. The van der Waals surface area contributed by atoms with Crippen LogP contribution in [0.4, 0.5) is 0 Å². The van der Waals surface area contributed by atoms with Crippen LogP contribution in [0.5, 0.6) is 0 Å². The maximum Gasteiger partial charge on any atom is 0.273 e. The summed E-state index contributed by atoms with van der Waals surface area (Å²) in [5.74, 6) is 0.615. The van der Waals surface area contributed by atoms with E-state index in [1.165, 1.54) is 18.9 Å². The van der Waals surface area contributed by atoms with Crippen LogP contribution in [0.25, 0.3) is 0 Å². The van der Waals surface area contributed by atoms with Gasteiger partial charge in [-0.2, -0.15) is 0 Å². The van der Waals surface area contributed by atoms with Gasteiger partial charge in [0.25, 0.3) is 10.0 Å². The summed E-state index contributed by atoms with van der Waals surface area (Å²) in [6.07, 6.45) is 2.74. The number of furan rings is 1. The van der Waals surface area contributed by atoms with Gasteiger partial charge in [0.2, 0.25) is 5.09 Å². The van der Waals surface area contributed by atoms with Crippen molar-refractivity contribution in [1.82, 2.24) is 10.0 Å². The highest BCUT2D eigenvalue weighted by Gasteiger charge is 2.22.